The van der Waals surface area contributed by atoms with Crippen molar-refractivity contribution >= 4 is 78.5 Å². The molecule has 22 nitrogen and oxygen atoms in total. The number of nitrogens with one attached hydrogen (secondary N) is 5. The van der Waals surface area contributed by atoms with E-state index in [2.05, 4.69) is 56.8 Å². The number of primary amides is 1. The Morgan fingerprint density at radius 2 is 1.42 bits per heavy atom. The number of carbonyl (C=O) groups is 8. The van der Waals surface area contributed by atoms with Crippen molar-refractivity contribution in [1.82, 2.24) is 31.5 Å². The molecule has 1 aliphatic rings. The molecule has 52 heavy (non-hydrogen) atoms. The molecule has 0 aromatic rings. The van der Waals surface area contributed by atoms with Crippen LogP contribution in [0, 0.1) is 0 Å². The van der Waals surface area contributed by atoms with Crippen LogP contribution in [0.2, 0.25) is 0 Å². The third-order valence-electron chi connectivity index (χ3n) is 7.67. The Bertz CT molecular complexity index is 1340. The van der Waals surface area contributed by atoms with Crippen molar-refractivity contribution in [2.75, 3.05) is 31.2 Å². The van der Waals surface area contributed by atoms with Crippen molar-refractivity contribution in [3.8, 4) is 0 Å². The van der Waals surface area contributed by atoms with Crippen LogP contribution in [0.4, 0.5) is 0 Å². The summed E-state index contributed by atoms with van der Waals surface area (Å²) >= 11 is 7.91. The highest BCUT2D eigenvalue weighted by Gasteiger charge is 2.41. The molecule has 1 heterocycles. The number of rotatable bonds is 22. The number of likely N-dealkylation sites (tertiary alicyclic amines) is 1. The van der Waals surface area contributed by atoms with Gasteiger partial charge in [0.05, 0.1) is 25.2 Å². The van der Waals surface area contributed by atoms with Crippen LogP contribution in [0.25, 0.3) is 0 Å². The number of aliphatic carboxylic acids is 1. The van der Waals surface area contributed by atoms with Gasteiger partial charge in [0.2, 0.25) is 41.4 Å². The highest BCUT2D eigenvalue weighted by atomic mass is 32.1. The van der Waals surface area contributed by atoms with Gasteiger partial charge in [-0.2, -0.15) is 25.3 Å². The molecule has 0 aromatic heterocycles. The largest absolute Gasteiger partial charge is 0.481 e. The maximum Gasteiger partial charge on any atom is 0.305 e. The second-order valence-electron chi connectivity index (χ2n) is 11.8. The van der Waals surface area contributed by atoms with Gasteiger partial charge in [-0.3, -0.25) is 43.3 Å². The molecule has 1 rings (SSSR count). The zero-order valence-corrected chi connectivity index (χ0v) is 30.2. The number of aliphatic hydroxyl groups excluding tert-OH is 2. The fraction of sp³-hybridized carbons (Fsp3) is 0.679. The van der Waals surface area contributed by atoms with Gasteiger partial charge in [-0.15, -0.1) is 0 Å². The lowest BCUT2D eigenvalue weighted by Crippen LogP contribution is -2.62. The molecule has 0 saturated carbocycles. The molecule has 0 aliphatic carbocycles. The van der Waals surface area contributed by atoms with E-state index in [1.54, 1.807) is 0 Å². The number of carboxylic acids is 1. The summed E-state index contributed by atoms with van der Waals surface area (Å²) in [7, 11) is 0. The van der Waals surface area contributed by atoms with Gasteiger partial charge in [0, 0.05) is 24.6 Å². The second-order valence-corrected chi connectivity index (χ2v) is 12.5. The standard InChI is InChI=1S/C28H49N11O11S2/c1-12(41)20(27(50)39-7-3-5-18(39)26(49)37-17(11-52)21(30)44)38-24(47)15(8-19(42)43)35-25(48)16(9-40)36-23(46)14(4-2-6-33-28(31)32)34-22(45)13(29)10-51/h12-18,20,40-41,51-52H,2-11,29H2,1H3,(H2,30,44)(H,34,45)(H,35,48)(H,36,46)(H,37,49)(H,38,47)(H,42,43)(H4,31,32,33)/t12-,13+,14+,15+,16+,17+,18+,20+/m1/s1. The molecule has 0 unspecified atom stereocenters. The number of nitrogens with two attached hydrogens (primary N) is 4. The highest BCUT2D eigenvalue weighted by molar-refractivity contribution is 7.80. The molecular weight excluding hydrogens is 731 g/mol. The Labute approximate surface area is 309 Å². The fourth-order valence-electron chi connectivity index (χ4n) is 4.86. The van der Waals surface area contributed by atoms with Crippen LogP contribution >= 0.6 is 25.3 Å². The van der Waals surface area contributed by atoms with Gasteiger partial charge in [0.15, 0.2) is 5.96 Å². The predicted octanol–water partition coefficient (Wildman–Crippen LogP) is -7.03. The summed E-state index contributed by atoms with van der Waals surface area (Å²) in [5.41, 5.74) is 21.5. The molecule has 294 valence electrons. The number of nitrogens with zero attached hydrogens (tertiary/aromatic N) is 2. The van der Waals surface area contributed by atoms with E-state index in [4.69, 9.17) is 22.9 Å². The second kappa shape index (κ2) is 22.5. The predicted molar refractivity (Wildman–Crippen MR) is 190 cm³/mol. The molecule has 8 atom stereocenters. The molecule has 0 spiro atoms. The third kappa shape index (κ3) is 14.7. The summed E-state index contributed by atoms with van der Waals surface area (Å²) in [6.45, 7) is 0.210. The number of hydrogen-bond donors (Lipinski definition) is 14. The van der Waals surface area contributed by atoms with Crippen LogP contribution in [0.5, 0.6) is 0 Å². The number of carboxylic acid groups (broad SMARTS) is 1. The Morgan fingerprint density at radius 3 is 1.94 bits per heavy atom. The van der Waals surface area contributed by atoms with Gasteiger partial charge >= 0.3 is 5.97 Å². The maximum absolute atomic E-state index is 13.5. The topological polar surface area (TPSA) is 377 Å². The van der Waals surface area contributed by atoms with E-state index in [1.165, 1.54) is 0 Å². The van der Waals surface area contributed by atoms with Gasteiger partial charge in [0.25, 0.3) is 0 Å². The van der Waals surface area contributed by atoms with E-state index in [-0.39, 0.29) is 49.8 Å². The fourth-order valence-corrected chi connectivity index (χ4v) is 5.29. The molecule has 24 heteroatoms. The van der Waals surface area contributed by atoms with Crippen molar-refractivity contribution in [2.24, 2.45) is 27.9 Å². The summed E-state index contributed by atoms with van der Waals surface area (Å²) in [5.74, 6) is -8.65. The number of amides is 7. The van der Waals surface area contributed by atoms with Gasteiger partial charge < -0.3 is 69.7 Å². The lowest BCUT2D eigenvalue weighted by molar-refractivity contribution is -0.145. The summed E-state index contributed by atoms with van der Waals surface area (Å²) < 4.78 is 0. The Hall–Kier alpha value is -4.39. The van der Waals surface area contributed by atoms with E-state index in [1.807, 2.05) is 0 Å². The minimum atomic E-state index is -1.90. The van der Waals surface area contributed by atoms with Gasteiger partial charge in [0.1, 0.15) is 36.3 Å². The van der Waals surface area contributed by atoms with Crippen LogP contribution < -0.4 is 49.5 Å². The number of guanidine groups is 1. The molecule has 1 fully saturated rings. The van der Waals surface area contributed by atoms with Crippen molar-refractivity contribution < 1.29 is 53.7 Å². The highest BCUT2D eigenvalue weighted by Crippen LogP contribution is 2.20. The van der Waals surface area contributed by atoms with E-state index < -0.39 is 109 Å². The third-order valence-corrected chi connectivity index (χ3v) is 8.42. The molecule has 0 radical (unpaired) electrons. The monoisotopic (exact) mass is 779 g/mol. The smallest absolute Gasteiger partial charge is 0.305 e. The molecule has 1 saturated heterocycles. The van der Waals surface area contributed by atoms with Crippen LogP contribution in [0.3, 0.4) is 0 Å². The van der Waals surface area contributed by atoms with E-state index in [0.717, 1.165) is 11.8 Å². The van der Waals surface area contributed by atoms with Crippen molar-refractivity contribution in [3.05, 3.63) is 0 Å². The average molecular weight is 780 g/mol. The first-order chi connectivity index (χ1) is 24.4. The quantitative estimate of drug-likeness (QED) is 0.0210. The zero-order valence-electron chi connectivity index (χ0n) is 28.4. The summed E-state index contributed by atoms with van der Waals surface area (Å²) in [4.78, 5) is 106. The van der Waals surface area contributed by atoms with Crippen LogP contribution in [0.1, 0.15) is 39.0 Å². The number of aliphatic hydroxyl groups is 2. The lowest BCUT2D eigenvalue weighted by atomic mass is 10.1. The zero-order chi connectivity index (χ0) is 39.7. The van der Waals surface area contributed by atoms with Gasteiger partial charge in [-0.25, -0.2) is 0 Å². The van der Waals surface area contributed by atoms with E-state index in [9.17, 15) is 53.7 Å². The Balaban J connectivity index is 3.15. The van der Waals surface area contributed by atoms with Crippen LogP contribution in [-0.4, -0.2) is 153 Å². The average Bonchev–Trinajstić information content (AvgIpc) is 3.58. The SMILES string of the molecule is C[C@@H](O)[C@H](NC(=O)[C@H](CC(=O)O)NC(=O)[C@H](CO)NC(=O)[C@H](CCCN=C(N)N)NC(=O)[C@@H](N)CS)C(=O)N1CCC[C@H]1C(=O)N[C@@H](CS)C(N)=O. The Morgan fingerprint density at radius 1 is 0.846 bits per heavy atom. The lowest BCUT2D eigenvalue weighted by Gasteiger charge is -2.31. The van der Waals surface area contributed by atoms with E-state index >= 15 is 0 Å². The molecule has 16 N–H and O–H groups in total. The minimum Gasteiger partial charge on any atom is -0.481 e. The first-order valence-corrected chi connectivity index (χ1v) is 17.3. The summed E-state index contributed by atoms with van der Waals surface area (Å²) in [6, 6.07) is -10.0. The molecule has 1 aliphatic heterocycles. The first kappa shape index (κ1) is 45.6. The first-order valence-electron chi connectivity index (χ1n) is 16.0. The number of aliphatic imine (C=N–C) groups is 1. The van der Waals surface area contributed by atoms with Crippen molar-refractivity contribution in [2.45, 2.75) is 87.4 Å². The number of hydrogen-bond acceptors (Lipinski definition) is 14. The summed E-state index contributed by atoms with van der Waals surface area (Å²) in [5, 5.41) is 41.1. The maximum atomic E-state index is 13.5. The number of thiol groups is 2. The number of carbonyl (C=O) groups excluding carboxylic acids is 7. The van der Waals surface area contributed by atoms with E-state index in [0.29, 0.717) is 6.42 Å². The van der Waals surface area contributed by atoms with Gasteiger partial charge in [-0.1, -0.05) is 0 Å². The van der Waals surface area contributed by atoms with Gasteiger partial charge in [-0.05, 0) is 32.6 Å². The normalized spacial score (nSPS) is 17.9. The van der Waals surface area contributed by atoms with Crippen LogP contribution in [0.15, 0.2) is 4.99 Å². The van der Waals surface area contributed by atoms with Crippen molar-refractivity contribution in [3.63, 3.8) is 0 Å². The molecular formula is C28H49N11O11S2. The van der Waals surface area contributed by atoms with Crippen LogP contribution in [-0.2, 0) is 38.4 Å². The summed E-state index contributed by atoms with van der Waals surface area (Å²) in [6.07, 6.45) is -1.98. The minimum absolute atomic E-state index is 0.0294. The molecule has 0 aromatic carbocycles. The molecule has 7 amide bonds. The van der Waals surface area contributed by atoms with Crippen molar-refractivity contribution in [1.29, 1.82) is 0 Å². The molecule has 0 bridgehead atoms. The Kier molecular flexibility index (Phi) is 19.8.